The molecule has 0 fully saturated rings. The summed E-state index contributed by atoms with van der Waals surface area (Å²) in [5, 5.41) is 0.631. The number of amides is 1. The number of nitrogens with zero attached hydrogens (tertiary/aromatic N) is 1. The first kappa shape index (κ1) is 16.1. The summed E-state index contributed by atoms with van der Waals surface area (Å²) in [7, 11) is 1.85. The van der Waals surface area contributed by atoms with Gasteiger partial charge in [-0.15, -0.1) is 0 Å². The van der Waals surface area contributed by atoms with Crippen molar-refractivity contribution in [3.05, 3.63) is 32.4 Å². The van der Waals surface area contributed by atoms with Gasteiger partial charge in [-0.3, -0.25) is 4.79 Å². The van der Waals surface area contributed by atoms with E-state index in [1.165, 1.54) is 0 Å². The third-order valence-corrected chi connectivity index (χ3v) is 5.10. The quantitative estimate of drug-likeness (QED) is 0.695. The van der Waals surface area contributed by atoms with Gasteiger partial charge in [0.1, 0.15) is 0 Å². The predicted molar refractivity (Wildman–Crippen MR) is 88.7 cm³/mol. The Balaban J connectivity index is 2.76. The Hall–Kier alpha value is 0.0600. The average Bonchev–Trinajstić information content (AvgIpc) is 2.37. The van der Waals surface area contributed by atoms with Crippen LogP contribution in [0.25, 0.3) is 0 Å². The zero-order valence-electron chi connectivity index (χ0n) is 10.7. The van der Waals surface area contributed by atoms with Gasteiger partial charge in [-0.2, -0.15) is 11.8 Å². The molecule has 1 aromatic rings. The van der Waals surface area contributed by atoms with Crippen LogP contribution < -0.4 is 0 Å². The van der Waals surface area contributed by atoms with Crippen LogP contribution in [0, 0.1) is 3.57 Å². The van der Waals surface area contributed by atoms with E-state index < -0.39 is 0 Å². The number of benzene rings is 1. The van der Waals surface area contributed by atoms with E-state index in [0.717, 1.165) is 15.7 Å². The second kappa shape index (κ2) is 7.60. The van der Waals surface area contributed by atoms with E-state index >= 15 is 0 Å². The largest absolute Gasteiger partial charge is 0.339 e. The molecule has 0 saturated carbocycles. The van der Waals surface area contributed by atoms with E-state index in [2.05, 4.69) is 35.8 Å². The van der Waals surface area contributed by atoms with Crippen LogP contribution in [-0.4, -0.2) is 35.9 Å². The van der Waals surface area contributed by atoms with Crippen molar-refractivity contribution in [1.29, 1.82) is 0 Å². The Labute approximate surface area is 132 Å². The number of hydrogen-bond acceptors (Lipinski definition) is 2. The fourth-order valence-corrected chi connectivity index (χ4v) is 2.61. The molecule has 18 heavy (non-hydrogen) atoms. The summed E-state index contributed by atoms with van der Waals surface area (Å²) in [6, 6.07) is 5.68. The number of rotatable bonds is 5. The lowest BCUT2D eigenvalue weighted by molar-refractivity contribution is 0.0741. The number of carbonyl (C=O) groups is 1. The molecule has 0 bridgehead atoms. The van der Waals surface area contributed by atoms with E-state index in [1.807, 2.05) is 19.2 Å². The molecule has 0 aromatic heterocycles. The molecule has 5 heteroatoms. The summed E-state index contributed by atoms with van der Waals surface area (Å²) >= 11 is 10.00. The molecule has 1 unspecified atom stereocenters. The fourth-order valence-electron chi connectivity index (χ4n) is 1.52. The van der Waals surface area contributed by atoms with Crippen molar-refractivity contribution in [3.63, 3.8) is 0 Å². The lowest BCUT2D eigenvalue weighted by Crippen LogP contribution is -2.35. The van der Waals surface area contributed by atoms with Crippen molar-refractivity contribution in [2.45, 2.75) is 19.4 Å². The maximum Gasteiger partial charge on any atom is 0.253 e. The molecule has 1 rings (SSSR count). The summed E-state index contributed by atoms with van der Waals surface area (Å²) in [5.41, 5.74) is 0.652. The molecule has 0 saturated heterocycles. The molecule has 0 radical (unpaired) electrons. The van der Waals surface area contributed by atoms with Crippen molar-refractivity contribution in [2.24, 2.45) is 0 Å². The van der Waals surface area contributed by atoms with Crippen LogP contribution in [0.1, 0.15) is 23.7 Å². The Morgan fingerprint density at radius 1 is 1.56 bits per heavy atom. The maximum atomic E-state index is 12.3. The molecule has 0 heterocycles. The Morgan fingerprint density at radius 2 is 2.22 bits per heavy atom. The number of carbonyl (C=O) groups excluding carboxylic acids is 1. The highest BCUT2D eigenvalue weighted by Crippen LogP contribution is 2.21. The lowest BCUT2D eigenvalue weighted by Gasteiger charge is -2.25. The van der Waals surface area contributed by atoms with Gasteiger partial charge in [-0.1, -0.05) is 11.6 Å². The minimum Gasteiger partial charge on any atom is -0.339 e. The third-order valence-electron chi connectivity index (χ3n) is 2.89. The summed E-state index contributed by atoms with van der Waals surface area (Å²) in [6.07, 6.45) is 3.08. The number of hydrogen-bond donors (Lipinski definition) is 0. The Kier molecular flexibility index (Phi) is 6.81. The summed E-state index contributed by atoms with van der Waals surface area (Å²) in [4.78, 5) is 14.1. The van der Waals surface area contributed by atoms with E-state index in [1.54, 1.807) is 22.7 Å². The van der Waals surface area contributed by atoms with Gasteiger partial charge in [0.15, 0.2) is 0 Å². The molecule has 0 spiro atoms. The highest BCUT2D eigenvalue weighted by molar-refractivity contribution is 14.1. The average molecular weight is 398 g/mol. The monoisotopic (exact) mass is 397 g/mol. The van der Waals surface area contributed by atoms with Gasteiger partial charge in [-0.25, -0.2) is 0 Å². The van der Waals surface area contributed by atoms with Gasteiger partial charge >= 0.3 is 0 Å². The third kappa shape index (κ3) is 4.31. The van der Waals surface area contributed by atoms with Crippen LogP contribution in [0.15, 0.2) is 18.2 Å². The van der Waals surface area contributed by atoms with Gasteiger partial charge in [0.05, 0.1) is 5.02 Å². The van der Waals surface area contributed by atoms with Gasteiger partial charge in [0.2, 0.25) is 0 Å². The summed E-state index contributed by atoms with van der Waals surface area (Å²) < 4.78 is 0.962. The van der Waals surface area contributed by atoms with Crippen LogP contribution >= 0.6 is 46.0 Å². The molecular weight excluding hydrogens is 381 g/mol. The van der Waals surface area contributed by atoms with E-state index in [9.17, 15) is 4.79 Å². The maximum absolute atomic E-state index is 12.3. The van der Waals surface area contributed by atoms with Crippen LogP contribution in [0.5, 0.6) is 0 Å². The lowest BCUT2D eigenvalue weighted by atomic mass is 10.1. The smallest absolute Gasteiger partial charge is 0.253 e. The van der Waals surface area contributed by atoms with Crippen molar-refractivity contribution < 1.29 is 4.79 Å². The molecule has 1 amide bonds. The fraction of sp³-hybridized carbons (Fsp3) is 0.462. The zero-order chi connectivity index (χ0) is 13.7. The van der Waals surface area contributed by atoms with Gasteiger partial charge in [0.25, 0.3) is 5.91 Å². The molecule has 0 aliphatic rings. The van der Waals surface area contributed by atoms with Gasteiger partial charge in [-0.05, 0) is 66.1 Å². The van der Waals surface area contributed by atoms with Crippen LogP contribution in [-0.2, 0) is 0 Å². The molecular formula is C13H17ClINOS. The Morgan fingerprint density at radius 3 is 2.78 bits per heavy atom. The summed E-state index contributed by atoms with van der Waals surface area (Å²) in [6.45, 7) is 2.07. The first-order valence-electron chi connectivity index (χ1n) is 5.68. The van der Waals surface area contributed by atoms with E-state index in [0.29, 0.717) is 10.6 Å². The standard InChI is InChI=1S/C13H17ClINOS/c1-9(6-7-18-3)16(2)13(17)10-4-5-12(15)11(14)8-10/h4-5,8-9H,6-7H2,1-3H3. The second-order valence-corrected chi connectivity index (χ2v) is 6.73. The number of thioether (sulfide) groups is 1. The van der Waals surface area contributed by atoms with Gasteiger partial charge < -0.3 is 4.90 Å². The van der Waals surface area contributed by atoms with Gasteiger partial charge in [0, 0.05) is 22.2 Å². The second-order valence-electron chi connectivity index (χ2n) is 4.18. The van der Waals surface area contributed by atoms with Crippen molar-refractivity contribution in [3.8, 4) is 0 Å². The minimum absolute atomic E-state index is 0.0295. The van der Waals surface area contributed by atoms with Crippen molar-refractivity contribution >= 4 is 51.9 Å². The van der Waals surface area contributed by atoms with E-state index in [4.69, 9.17) is 11.6 Å². The first-order valence-corrected chi connectivity index (χ1v) is 8.53. The molecule has 0 aliphatic heterocycles. The predicted octanol–water partition coefficient (Wildman–Crippen LogP) is 4.16. The number of halogens is 2. The van der Waals surface area contributed by atoms with Crippen molar-refractivity contribution in [2.75, 3.05) is 19.1 Å². The minimum atomic E-state index is 0.0295. The molecule has 1 aromatic carbocycles. The van der Waals surface area contributed by atoms with E-state index in [-0.39, 0.29) is 11.9 Å². The normalized spacial score (nSPS) is 12.3. The molecule has 0 N–H and O–H groups in total. The molecule has 1 atom stereocenters. The van der Waals surface area contributed by atoms with Crippen LogP contribution in [0.3, 0.4) is 0 Å². The van der Waals surface area contributed by atoms with Crippen LogP contribution in [0.2, 0.25) is 5.02 Å². The molecule has 100 valence electrons. The Bertz CT molecular complexity index is 427. The molecule has 2 nitrogen and oxygen atoms in total. The SMILES string of the molecule is CSCCC(C)N(C)C(=O)c1ccc(I)c(Cl)c1. The molecule has 0 aliphatic carbocycles. The van der Waals surface area contributed by atoms with Crippen LogP contribution in [0.4, 0.5) is 0 Å². The highest BCUT2D eigenvalue weighted by atomic mass is 127. The highest BCUT2D eigenvalue weighted by Gasteiger charge is 2.17. The first-order chi connectivity index (χ1) is 8.47. The topological polar surface area (TPSA) is 20.3 Å². The van der Waals surface area contributed by atoms with Crippen molar-refractivity contribution in [1.82, 2.24) is 4.90 Å². The zero-order valence-corrected chi connectivity index (χ0v) is 14.5. The summed E-state index contributed by atoms with van der Waals surface area (Å²) in [5.74, 6) is 1.09.